The minimum Gasteiger partial charge on any atom is -0.321 e. The van der Waals surface area contributed by atoms with Gasteiger partial charge in [-0.1, -0.05) is 48.0 Å². The molecular weight excluding hydrogens is 396 g/mol. The van der Waals surface area contributed by atoms with Crippen LogP contribution in [-0.2, 0) is 0 Å². The number of nitrogens with one attached hydrogen (secondary N) is 1. The van der Waals surface area contributed by atoms with E-state index in [1.165, 1.54) is 30.3 Å². The number of carbonyl (C=O) groups excluding carboxylic acids is 3. The lowest BCUT2D eigenvalue weighted by atomic mass is 9.83. The molecule has 1 aliphatic carbocycles. The summed E-state index contributed by atoms with van der Waals surface area (Å²) in [7, 11) is 0. The second-order valence-electron chi connectivity index (χ2n) is 6.30. The van der Waals surface area contributed by atoms with Gasteiger partial charge >= 0.3 is 0 Å². The number of hydrogen-bond acceptors (Lipinski definition) is 5. The Bertz CT molecular complexity index is 1240. The molecule has 0 heterocycles. The van der Waals surface area contributed by atoms with Crippen LogP contribution in [0, 0.1) is 10.1 Å². The van der Waals surface area contributed by atoms with Crippen molar-refractivity contribution in [3.8, 4) is 0 Å². The van der Waals surface area contributed by atoms with Gasteiger partial charge in [-0.05, 0) is 18.2 Å². The highest BCUT2D eigenvalue weighted by atomic mass is 35.5. The lowest BCUT2D eigenvalue weighted by Crippen LogP contribution is -2.24. The Kier molecular flexibility index (Phi) is 4.44. The largest absolute Gasteiger partial charge is 0.321 e. The Morgan fingerprint density at radius 2 is 1.55 bits per heavy atom. The van der Waals surface area contributed by atoms with Crippen LogP contribution in [0.1, 0.15) is 42.2 Å². The molecule has 0 aliphatic heterocycles. The van der Waals surface area contributed by atoms with E-state index in [0.29, 0.717) is 5.56 Å². The Labute approximate surface area is 169 Å². The first-order valence-corrected chi connectivity index (χ1v) is 8.83. The minimum absolute atomic E-state index is 0.0502. The third-order valence-electron chi connectivity index (χ3n) is 4.60. The van der Waals surface area contributed by atoms with Crippen LogP contribution in [0.3, 0.4) is 0 Å². The maximum Gasteiger partial charge on any atom is 0.282 e. The molecule has 0 radical (unpaired) electrons. The summed E-state index contributed by atoms with van der Waals surface area (Å²) >= 11 is 5.88. The summed E-state index contributed by atoms with van der Waals surface area (Å²) in [4.78, 5) is 49.0. The van der Waals surface area contributed by atoms with Gasteiger partial charge in [-0.2, -0.15) is 0 Å². The third kappa shape index (κ3) is 3.07. The SMILES string of the molecule is O=C(Nc1cccc2c1C(=O)c1ccccc1C2=O)c1cc(Cl)ccc1[N+](=O)[O-]. The zero-order valence-electron chi connectivity index (χ0n) is 14.6. The topological polar surface area (TPSA) is 106 Å². The number of nitro groups is 1. The van der Waals surface area contributed by atoms with Crippen molar-refractivity contribution in [2.75, 3.05) is 5.32 Å². The normalized spacial score (nSPS) is 12.2. The number of rotatable bonds is 3. The standard InChI is InChI=1S/C21H11ClN2O5/c22-11-8-9-17(24(28)29)15(10-11)21(27)23-16-7-3-6-14-18(16)20(26)13-5-2-1-4-12(13)19(14)25/h1-10H,(H,23,27). The molecule has 1 amide bonds. The smallest absolute Gasteiger partial charge is 0.282 e. The molecule has 0 atom stereocenters. The molecule has 8 heteroatoms. The number of halogens is 1. The number of amides is 1. The zero-order chi connectivity index (χ0) is 20.7. The van der Waals surface area contributed by atoms with E-state index in [1.54, 1.807) is 24.3 Å². The molecule has 0 bridgehead atoms. The maximum atomic E-state index is 13.0. The Hall–Kier alpha value is -3.84. The van der Waals surface area contributed by atoms with Crippen LogP contribution in [0.4, 0.5) is 11.4 Å². The lowest BCUT2D eigenvalue weighted by molar-refractivity contribution is -0.385. The molecule has 0 spiro atoms. The summed E-state index contributed by atoms with van der Waals surface area (Å²) in [5, 5.41) is 13.9. The Morgan fingerprint density at radius 3 is 2.24 bits per heavy atom. The number of ketones is 2. The summed E-state index contributed by atoms with van der Waals surface area (Å²) in [5.41, 5.74) is 0.148. The van der Waals surface area contributed by atoms with Gasteiger partial charge in [0.2, 0.25) is 0 Å². The molecule has 7 nitrogen and oxygen atoms in total. The summed E-state index contributed by atoms with van der Waals surface area (Å²) in [6, 6.07) is 14.5. The first kappa shape index (κ1) is 18.5. The predicted octanol–water partition coefficient (Wildman–Crippen LogP) is 4.28. The number of anilines is 1. The highest BCUT2D eigenvalue weighted by Gasteiger charge is 2.32. The molecule has 0 saturated carbocycles. The second-order valence-corrected chi connectivity index (χ2v) is 6.74. The van der Waals surface area contributed by atoms with Gasteiger partial charge in [0.25, 0.3) is 11.6 Å². The number of fused-ring (bicyclic) bond motifs is 2. The van der Waals surface area contributed by atoms with Crippen molar-refractivity contribution >= 4 is 40.4 Å². The number of benzene rings is 3. The number of nitrogens with zero attached hydrogens (tertiary/aromatic N) is 1. The van der Waals surface area contributed by atoms with Crippen molar-refractivity contribution in [1.82, 2.24) is 0 Å². The van der Waals surface area contributed by atoms with Gasteiger partial charge in [-0.3, -0.25) is 24.5 Å². The maximum absolute atomic E-state index is 13.0. The molecule has 142 valence electrons. The van der Waals surface area contributed by atoms with Crippen molar-refractivity contribution < 1.29 is 19.3 Å². The summed E-state index contributed by atoms with van der Waals surface area (Å²) in [6.07, 6.45) is 0. The van der Waals surface area contributed by atoms with Crippen LogP contribution >= 0.6 is 11.6 Å². The van der Waals surface area contributed by atoms with Gasteiger partial charge in [-0.15, -0.1) is 0 Å². The van der Waals surface area contributed by atoms with E-state index in [-0.39, 0.29) is 38.7 Å². The van der Waals surface area contributed by atoms with Crippen LogP contribution in [0.25, 0.3) is 0 Å². The van der Waals surface area contributed by atoms with Gasteiger partial charge in [0.15, 0.2) is 11.6 Å². The fourth-order valence-electron chi connectivity index (χ4n) is 3.29. The van der Waals surface area contributed by atoms with E-state index in [0.717, 1.165) is 6.07 Å². The minimum atomic E-state index is -0.813. The monoisotopic (exact) mass is 406 g/mol. The number of carbonyl (C=O) groups is 3. The third-order valence-corrected chi connectivity index (χ3v) is 4.84. The van der Waals surface area contributed by atoms with E-state index in [4.69, 9.17) is 11.6 Å². The summed E-state index contributed by atoms with van der Waals surface area (Å²) < 4.78 is 0. The molecule has 4 rings (SSSR count). The van der Waals surface area contributed by atoms with Crippen LogP contribution < -0.4 is 5.32 Å². The van der Waals surface area contributed by atoms with Crippen LogP contribution in [0.15, 0.2) is 60.7 Å². The van der Waals surface area contributed by atoms with Crippen molar-refractivity contribution in [2.24, 2.45) is 0 Å². The summed E-state index contributed by atoms with van der Waals surface area (Å²) in [6.45, 7) is 0. The van der Waals surface area contributed by atoms with Gasteiger partial charge in [0.1, 0.15) is 5.56 Å². The highest BCUT2D eigenvalue weighted by Crippen LogP contribution is 2.32. The second kappa shape index (κ2) is 6.96. The van der Waals surface area contributed by atoms with E-state index >= 15 is 0 Å². The van der Waals surface area contributed by atoms with Gasteiger partial charge < -0.3 is 5.32 Å². The number of nitro benzene ring substituents is 1. The molecule has 0 saturated heterocycles. The van der Waals surface area contributed by atoms with Crippen LogP contribution in [0.5, 0.6) is 0 Å². The van der Waals surface area contributed by atoms with Crippen molar-refractivity contribution in [1.29, 1.82) is 0 Å². The van der Waals surface area contributed by atoms with E-state index in [9.17, 15) is 24.5 Å². The number of hydrogen-bond donors (Lipinski definition) is 1. The van der Waals surface area contributed by atoms with Crippen molar-refractivity contribution in [2.45, 2.75) is 0 Å². The molecule has 3 aromatic rings. The highest BCUT2D eigenvalue weighted by molar-refractivity contribution is 6.32. The first-order valence-electron chi connectivity index (χ1n) is 8.45. The quantitative estimate of drug-likeness (QED) is 0.403. The lowest BCUT2D eigenvalue weighted by Gasteiger charge is -2.20. The molecule has 3 aromatic carbocycles. The average Bonchev–Trinajstić information content (AvgIpc) is 2.71. The first-order chi connectivity index (χ1) is 13.9. The Balaban J connectivity index is 1.79. The zero-order valence-corrected chi connectivity index (χ0v) is 15.4. The van der Waals surface area contributed by atoms with Gasteiger partial charge in [0.05, 0.1) is 16.2 Å². The molecule has 0 fully saturated rings. The predicted molar refractivity (Wildman–Crippen MR) is 106 cm³/mol. The fourth-order valence-corrected chi connectivity index (χ4v) is 3.46. The van der Waals surface area contributed by atoms with E-state index in [1.807, 2.05) is 0 Å². The van der Waals surface area contributed by atoms with Gasteiger partial charge in [-0.25, -0.2) is 0 Å². The van der Waals surface area contributed by atoms with Crippen molar-refractivity contribution in [3.05, 3.63) is 104 Å². The van der Waals surface area contributed by atoms with Gasteiger partial charge in [0, 0.05) is 27.8 Å². The molecule has 1 N–H and O–H groups in total. The molecule has 1 aliphatic rings. The van der Waals surface area contributed by atoms with Crippen molar-refractivity contribution in [3.63, 3.8) is 0 Å². The molecule has 29 heavy (non-hydrogen) atoms. The van der Waals surface area contributed by atoms with E-state index < -0.39 is 22.3 Å². The fraction of sp³-hybridized carbons (Fsp3) is 0. The van der Waals surface area contributed by atoms with E-state index in [2.05, 4.69) is 5.32 Å². The average molecular weight is 407 g/mol. The van der Waals surface area contributed by atoms with Crippen LogP contribution in [0.2, 0.25) is 5.02 Å². The Morgan fingerprint density at radius 1 is 0.897 bits per heavy atom. The molecule has 0 aromatic heterocycles. The summed E-state index contributed by atoms with van der Waals surface area (Å²) in [5.74, 6) is -1.56. The molecule has 0 unspecified atom stereocenters. The van der Waals surface area contributed by atoms with Crippen LogP contribution in [-0.4, -0.2) is 22.4 Å². The molecular formula is C21H11ClN2O5.